The van der Waals surface area contributed by atoms with E-state index in [1.165, 1.54) is 0 Å². The van der Waals surface area contributed by atoms with Crippen molar-refractivity contribution in [2.75, 3.05) is 6.61 Å². The van der Waals surface area contributed by atoms with Crippen molar-refractivity contribution in [2.45, 2.75) is 19.4 Å². The summed E-state index contributed by atoms with van der Waals surface area (Å²) in [5, 5.41) is 11.1. The second-order valence-electron chi connectivity index (χ2n) is 5.15. The van der Waals surface area contributed by atoms with Crippen molar-refractivity contribution in [1.82, 2.24) is 0 Å². The Morgan fingerprint density at radius 1 is 1.22 bits per heavy atom. The van der Waals surface area contributed by atoms with Crippen LogP contribution in [0.4, 0.5) is 0 Å². The van der Waals surface area contributed by atoms with Crippen LogP contribution in [0.1, 0.15) is 18.9 Å². The van der Waals surface area contributed by atoms with Gasteiger partial charge in [-0.1, -0.05) is 36.4 Å². The highest BCUT2D eigenvalue weighted by Crippen LogP contribution is 2.19. The Balaban J connectivity index is 2.36. The van der Waals surface area contributed by atoms with Gasteiger partial charge in [-0.05, 0) is 35.4 Å². The zero-order valence-corrected chi connectivity index (χ0v) is 12.9. The Hall–Kier alpha value is -2.66. The van der Waals surface area contributed by atoms with Gasteiger partial charge in [0.05, 0.1) is 6.61 Å². The summed E-state index contributed by atoms with van der Waals surface area (Å²) in [7, 11) is 0. The van der Waals surface area contributed by atoms with E-state index in [9.17, 15) is 9.59 Å². The molecule has 0 amide bonds. The maximum atomic E-state index is 12.0. The van der Waals surface area contributed by atoms with Crippen molar-refractivity contribution in [3.8, 4) is 0 Å². The second-order valence-corrected chi connectivity index (χ2v) is 5.15. The van der Waals surface area contributed by atoms with Crippen molar-refractivity contribution < 1.29 is 19.4 Å². The first-order valence-electron chi connectivity index (χ1n) is 7.36. The lowest BCUT2D eigenvalue weighted by Crippen LogP contribution is -2.31. The van der Waals surface area contributed by atoms with E-state index in [1.807, 2.05) is 42.5 Å². The molecular weight excluding hydrogens is 294 g/mol. The molecule has 3 N–H and O–H groups in total. The summed E-state index contributed by atoms with van der Waals surface area (Å²) in [5.41, 5.74) is 6.59. The lowest BCUT2D eigenvalue weighted by atomic mass is 10.0. The van der Waals surface area contributed by atoms with Gasteiger partial charge in [0.1, 0.15) is 6.04 Å². The van der Waals surface area contributed by atoms with Crippen LogP contribution >= 0.6 is 0 Å². The molecule has 2 aromatic carbocycles. The number of aliphatic carboxylic acids is 1. The summed E-state index contributed by atoms with van der Waals surface area (Å²) in [5.74, 6) is -1.70. The van der Waals surface area contributed by atoms with Gasteiger partial charge in [0.25, 0.3) is 0 Å². The molecule has 0 saturated heterocycles. The molecule has 0 saturated carbocycles. The van der Waals surface area contributed by atoms with Gasteiger partial charge in [-0.3, -0.25) is 4.79 Å². The van der Waals surface area contributed by atoms with Crippen molar-refractivity contribution >= 4 is 28.8 Å². The molecule has 0 aliphatic heterocycles. The third kappa shape index (κ3) is 4.40. The van der Waals surface area contributed by atoms with E-state index in [1.54, 1.807) is 13.0 Å². The largest absolute Gasteiger partial charge is 0.480 e. The van der Waals surface area contributed by atoms with E-state index < -0.39 is 18.0 Å². The average Bonchev–Trinajstić information content (AvgIpc) is 2.54. The molecule has 2 rings (SSSR count). The van der Waals surface area contributed by atoms with Gasteiger partial charge >= 0.3 is 11.9 Å². The molecule has 0 radical (unpaired) electrons. The van der Waals surface area contributed by atoms with E-state index in [0.717, 1.165) is 16.3 Å². The van der Waals surface area contributed by atoms with Crippen LogP contribution in [-0.2, 0) is 14.3 Å². The molecule has 5 heteroatoms. The molecule has 0 heterocycles. The molecule has 1 atom stereocenters. The molecule has 5 nitrogen and oxygen atoms in total. The fourth-order valence-corrected chi connectivity index (χ4v) is 2.25. The molecule has 0 spiro atoms. The van der Waals surface area contributed by atoms with Gasteiger partial charge < -0.3 is 15.6 Å². The Morgan fingerprint density at radius 3 is 2.57 bits per heavy atom. The summed E-state index contributed by atoms with van der Waals surface area (Å²) in [4.78, 5) is 23.0. The summed E-state index contributed by atoms with van der Waals surface area (Å²) in [6.07, 6.45) is 1.55. The van der Waals surface area contributed by atoms with Crippen LogP contribution in [0, 0.1) is 0 Å². The highest BCUT2D eigenvalue weighted by atomic mass is 16.5. The number of carboxylic acids is 1. The number of fused-ring (bicyclic) bond motifs is 1. The number of nitrogens with two attached hydrogens (primary N) is 1. The number of carboxylic acid groups (broad SMARTS) is 1. The zero-order chi connectivity index (χ0) is 16.8. The number of ether oxygens (including phenoxy) is 1. The number of carbonyl (C=O) groups is 2. The molecule has 120 valence electrons. The Labute approximate surface area is 134 Å². The van der Waals surface area contributed by atoms with Crippen LogP contribution in [-0.4, -0.2) is 29.7 Å². The smallest absolute Gasteiger partial charge is 0.334 e. The first-order valence-corrected chi connectivity index (χ1v) is 7.36. The highest BCUT2D eigenvalue weighted by Gasteiger charge is 2.19. The molecule has 0 aliphatic carbocycles. The molecule has 23 heavy (non-hydrogen) atoms. The summed E-state index contributed by atoms with van der Waals surface area (Å²) in [6, 6.07) is 12.5. The van der Waals surface area contributed by atoms with Crippen molar-refractivity contribution in [2.24, 2.45) is 5.73 Å². The summed E-state index contributed by atoms with van der Waals surface area (Å²) >= 11 is 0. The van der Waals surface area contributed by atoms with Gasteiger partial charge in [-0.15, -0.1) is 0 Å². The third-order valence-corrected chi connectivity index (χ3v) is 3.41. The van der Waals surface area contributed by atoms with E-state index in [2.05, 4.69) is 0 Å². The lowest BCUT2D eigenvalue weighted by molar-refractivity contribution is -0.139. The maximum Gasteiger partial charge on any atom is 0.334 e. The summed E-state index contributed by atoms with van der Waals surface area (Å²) < 4.78 is 4.99. The van der Waals surface area contributed by atoms with Crippen molar-refractivity contribution in [1.29, 1.82) is 0 Å². The number of benzene rings is 2. The normalized spacial score (nSPS) is 12.9. The number of hydrogen-bond acceptors (Lipinski definition) is 4. The third-order valence-electron chi connectivity index (χ3n) is 3.41. The Morgan fingerprint density at radius 2 is 1.91 bits per heavy atom. The van der Waals surface area contributed by atoms with Crippen LogP contribution in [0.25, 0.3) is 16.8 Å². The molecule has 0 bridgehead atoms. The lowest BCUT2D eigenvalue weighted by Gasteiger charge is -2.10. The number of carbonyl (C=O) groups excluding carboxylic acids is 1. The first kappa shape index (κ1) is 16.7. The number of hydrogen-bond donors (Lipinski definition) is 2. The Bertz CT molecular complexity index is 752. The van der Waals surface area contributed by atoms with Crippen molar-refractivity contribution in [3.63, 3.8) is 0 Å². The summed E-state index contributed by atoms with van der Waals surface area (Å²) in [6.45, 7) is 1.92. The minimum absolute atomic E-state index is 0.0823. The predicted octanol–water partition coefficient (Wildman–Crippen LogP) is 2.59. The quantitative estimate of drug-likeness (QED) is 0.632. The SMILES string of the molecule is CCOC(=O)/C(=C/c1ccc2ccccc2c1)C[C@@H](N)C(=O)O. The van der Waals surface area contributed by atoms with Gasteiger partial charge in [-0.2, -0.15) is 0 Å². The maximum absolute atomic E-state index is 12.0. The van der Waals surface area contributed by atoms with E-state index in [4.69, 9.17) is 15.6 Å². The molecule has 0 unspecified atom stereocenters. The molecular formula is C18H19NO4. The number of rotatable bonds is 6. The standard InChI is InChI=1S/C18H19NO4/c1-2-23-18(22)15(11-16(19)17(20)21)10-12-7-8-13-5-3-4-6-14(13)9-12/h3-10,16H,2,11,19H2,1H3,(H,20,21)/b15-10+/t16-/m1/s1. The molecule has 0 aromatic heterocycles. The van der Waals surface area contributed by atoms with E-state index in [-0.39, 0.29) is 18.6 Å². The van der Waals surface area contributed by atoms with Crippen LogP contribution in [0.15, 0.2) is 48.0 Å². The highest BCUT2D eigenvalue weighted by molar-refractivity contribution is 5.95. The number of esters is 1. The van der Waals surface area contributed by atoms with Gasteiger partial charge in [0.15, 0.2) is 0 Å². The van der Waals surface area contributed by atoms with Crippen LogP contribution in [0.2, 0.25) is 0 Å². The second kappa shape index (κ2) is 7.56. The predicted molar refractivity (Wildman–Crippen MR) is 88.8 cm³/mol. The van der Waals surface area contributed by atoms with E-state index in [0.29, 0.717) is 0 Å². The zero-order valence-electron chi connectivity index (χ0n) is 12.9. The van der Waals surface area contributed by atoms with E-state index >= 15 is 0 Å². The average molecular weight is 313 g/mol. The van der Waals surface area contributed by atoms with Crippen LogP contribution < -0.4 is 5.73 Å². The fraction of sp³-hybridized carbons (Fsp3) is 0.222. The minimum Gasteiger partial charge on any atom is -0.480 e. The van der Waals surface area contributed by atoms with Gasteiger partial charge in [-0.25, -0.2) is 4.79 Å². The molecule has 0 fully saturated rings. The monoisotopic (exact) mass is 313 g/mol. The van der Waals surface area contributed by atoms with Gasteiger partial charge in [0, 0.05) is 12.0 Å². The Kier molecular flexibility index (Phi) is 5.49. The van der Waals surface area contributed by atoms with Crippen LogP contribution in [0.5, 0.6) is 0 Å². The molecule has 2 aromatic rings. The minimum atomic E-state index is -1.15. The fourth-order valence-electron chi connectivity index (χ4n) is 2.25. The van der Waals surface area contributed by atoms with Crippen molar-refractivity contribution in [3.05, 3.63) is 53.6 Å². The van der Waals surface area contributed by atoms with Gasteiger partial charge in [0.2, 0.25) is 0 Å². The molecule has 0 aliphatic rings. The topological polar surface area (TPSA) is 89.6 Å². The van der Waals surface area contributed by atoms with Crippen LogP contribution in [0.3, 0.4) is 0 Å². The first-order chi connectivity index (χ1) is 11.0.